The molecule has 5 heteroatoms. The van der Waals surface area contributed by atoms with Crippen molar-refractivity contribution in [3.8, 4) is 6.07 Å². The SMILES string of the molecule is N#Cc1cccc(NC(=O)c2c[nH]ccc2=O)c1. The lowest BCUT2D eigenvalue weighted by molar-refractivity contribution is 0.102. The van der Waals surface area contributed by atoms with Crippen molar-refractivity contribution in [1.29, 1.82) is 5.26 Å². The van der Waals surface area contributed by atoms with E-state index >= 15 is 0 Å². The maximum Gasteiger partial charge on any atom is 0.261 e. The van der Waals surface area contributed by atoms with E-state index in [9.17, 15) is 9.59 Å². The largest absolute Gasteiger partial charge is 0.367 e. The molecule has 2 rings (SSSR count). The van der Waals surface area contributed by atoms with E-state index in [-0.39, 0.29) is 11.0 Å². The fourth-order valence-electron chi connectivity index (χ4n) is 1.46. The van der Waals surface area contributed by atoms with Gasteiger partial charge >= 0.3 is 0 Å². The molecule has 0 spiro atoms. The van der Waals surface area contributed by atoms with Crippen LogP contribution in [0.4, 0.5) is 5.69 Å². The monoisotopic (exact) mass is 239 g/mol. The third-order valence-electron chi connectivity index (χ3n) is 2.32. The van der Waals surface area contributed by atoms with Crippen LogP contribution in [0.3, 0.4) is 0 Å². The number of nitriles is 1. The highest BCUT2D eigenvalue weighted by Gasteiger charge is 2.09. The molecule has 1 aromatic carbocycles. The number of nitrogens with zero attached hydrogens (tertiary/aromatic N) is 1. The molecule has 0 saturated carbocycles. The maximum absolute atomic E-state index is 11.8. The van der Waals surface area contributed by atoms with Gasteiger partial charge in [-0.05, 0) is 18.2 Å². The second-order valence-electron chi connectivity index (χ2n) is 3.57. The van der Waals surface area contributed by atoms with Gasteiger partial charge in [-0.1, -0.05) is 6.07 Å². The van der Waals surface area contributed by atoms with Crippen LogP contribution in [0.15, 0.2) is 47.5 Å². The molecule has 0 atom stereocenters. The first-order chi connectivity index (χ1) is 8.70. The van der Waals surface area contributed by atoms with Crippen LogP contribution in [0.5, 0.6) is 0 Å². The third-order valence-corrected chi connectivity index (χ3v) is 2.32. The Bertz CT molecular complexity index is 683. The fraction of sp³-hybridized carbons (Fsp3) is 0. The summed E-state index contributed by atoms with van der Waals surface area (Å²) in [7, 11) is 0. The highest BCUT2D eigenvalue weighted by molar-refractivity contribution is 6.04. The van der Waals surface area contributed by atoms with Crippen LogP contribution in [0.2, 0.25) is 0 Å². The van der Waals surface area contributed by atoms with Gasteiger partial charge in [-0.15, -0.1) is 0 Å². The molecule has 88 valence electrons. The number of hydrogen-bond donors (Lipinski definition) is 2. The minimum Gasteiger partial charge on any atom is -0.367 e. The molecular weight excluding hydrogens is 230 g/mol. The van der Waals surface area contributed by atoms with Gasteiger partial charge in [0.1, 0.15) is 5.56 Å². The first-order valence-corrected chi connectivity index (χ1v) is 5.19. The number of aromatic amines is 1. The summed E-state index contributed by atoms with van der Waals surface area (Å²) in [6.07, 6.45) is 2.79. The molecule has 0 bridgehead atoms. The Morgan fingerprint density at radius 1 is 1.33 bits per heavy atom. The summed E-state index contributed by atoms with van der Waals surface area (Å²) in [5.41, 5.74) is 0.583. The zero-order valence-electron chi connectivity index (χ0n) is 9.31. The normalized spacial score (nSPS) is 9.50. The highest BCUT2D eigenvalue weighted by Crippen LogP contribution is 2.10. The van der Waals surface area contributed by atoms with Crippen LogP contribution < -0.4 is 10.7 Å². The number of carbonyl (C=O) groups is 1. The van der Waals surface area contributed by atoms with Crippen molar-refractivity contribution in [2.24, 2.45) is 0 Å². The van der Waals surface area contributed by atoms with Gasteiger partial charge in [0.2, 0.25) is 0 Å². The van der Waals surface area contributed by atoms with Crippen molar-refractivity contribution < 1.29 is 4.79 Å². The molecule has 0 saturated heterocycles. The fourth-order valence-corrected chi connectivity index (χ4v) is 1.46. The van der Waals surface area contributed by atoms with Crippen LogP contribution in [0.25, 0.3) is 0 Å². The predicted molar refractivity (Wildman–Crippen MR) is 66.2 cm³/mol. The van der Waals surface area contributed by atoms with Gasteiger partial charge in [0.25, 0.3) is 5.91 Å². The average molecular weight is 239 g/mol. The zero-order chi connectivity index (χ0) is 13.0. The number of carbonyl (C=O) groups excluding carboxylic acids is 1. The summed E-state index contributed by atoms with van der Waals surface area (Å²) in [4.78, 5) is 25.9. The zero-order valence-corrected chi connectivity index (χ0v) is 9.31. The topological polar surface area (TPSA) is 85.8 Å². The van der Waals surface area contributed by atoms with Crippen LogP contribution in [-0.4, -0.2) is 10.9 Å². The van der Waals surface area contributed by atoms with Gasteiger partial charge in [-0.2, -0.15) is 5.26 Å². The number of amides is 1. The minimum absolute atomic E-state index is 0.0276. The molecule has 0 aliphatic heterocycles. The van der Waals surface area contributed by atoms with Crippen molar-refractivity contribution in [2.75, 3.05) is 5.32 Å². The smallest absolute Gasteiger partial charge is 0.261 e. The molecule has 0 aliphatic rings. The van der Waals surface area contributed by atoms with Gasteiger partial charge in [-0.3, -0.25) is 9.59 Å². The summed E-state index contributed by atoms with van der Waals surface area (Å²) < 4.78 is 0. The Labute approximate surface area is 103 Å². The molecular formula is C13H9N3O2. The summed E-state index contributed by atoms with van der Waals surface area (Å²) in [6, 6.07) is 9.72. The van der Waals surface area contributed by atoms with E-state index in [4.69, 9.17) is 5.26 Å². The average Bonchev–Trinajstić information content (AvgIpc) is 2.39. The molecule has 1 aromatic heterocycles. The molecule has 18 heavy (non-hydrogen) atoms. The Balaban J connectivity index is 2.25. The van der Waals surface area contributed by atoms with Crippen LogP contribution >= 0.6 is 0 Å². The highest BCUT2D eigenvalue weighted by atomic mass is 16.2. The standard InChI is InChI=1S/C13H9N3O2/c14-7-9-2-1-3-10(6-9)16-13(18)11-8-15-5-4-12(11)17/h1-6,8H,(H,15,17)(H,16,18). The van der Waals surface area contributed by atoms with Crippen LogP contribution in [0, 0.1) is 11.3 Å². The first kappa shape index (κ1) is 11.6. The molecule has 2 aromatic rings. The Hall–Kier alpha value is -2.87. The van der Waals surface area contributed by atoms with E-state index in [2.05, 4.69) is 10.3 Å². The van der Waals surface area contributed by atoms with Gasteiger partial charge in [0.15, 0.2) is 5.43 Å². The summed E-state index contributed by atoms with van der Waals surface area (Å²) in [5, 5.41) is 11.3. The lowest BCUT2D eigenvalue weighted by Gasteiger charge is -2.04. The quantitative estimate of drug-likeness (QED) is 0.832. The Morgan fingerprint density at radius 2 is 2.17 bits per heavy atom. The van der Waals surface area contributed by atoms with Gasteiger partial charge in [0.05, 0.1) is 11.6 Å². The van der Waals surface area contributed by atoms with Crippen molar-refractivity contribution >= 4 is 11.6 Å². The van der Waals surface area contributed by atoms with E-state index in [0.29, 0.717) is 11.3 Å². The summed E-state index contributed by atoms with van der Waals surface area (Å²) in [6.45, 7) is 0. The van der Waals surface area contributed by atoms with E-state index in [1.54, 1.807) is 18.2 Å². The second-order valence-corrected chi connectivity index (χ2v) is 3.57. The van der Waals surface area contributed by atoms with Crippen molar-refractivity contribution in [2.45, 2.75) is 0 Å². The Kier molecular flexibility index (Phi) is 3.21. The lowest BCUT2D eigenvalue weighted by atomic mass is 10.2. The van der Waals surface area contributed by atoms with Crippen molar-refractivity contribution in [3.63, 3.8) is 0 Å². The number of anilines is 1. The van der Waals surface area contributed by atoms with E-state index < -0.39 is 5.91 Å². The molecule has 0 aliphatic carbocycles. The molecule has 1 heterocycles. The lowest BCUT2D eigenvalue weighted by Crippen LogP contribution is -2.20. The number of hydrogen-bond acceptors (Lipinski definition) is 3. The van der Waals surface area contributed by atoms with Crippen LogP contribution in [-0.2, 0) is 0 Å². The van der Waals surface area contributed by atoms with Crippen molar-refractivity contribution in [3.05, 3.63) is 64.1 Å². The van der Waals surface area contributed by atoms with Gasteiger partial charge in [0, 0.05) is 24.1 Å². The molecule has 0 radical (unpaired) electrons. The molecule has 0 unspecified atom stereocenters. The predicted octanol–water partition coefficient (Wildman–Crippen LogP) is 1.50. The van der Waals surface area contributed by atoms with Crippen molar-refractivity contribution in [1.82, 2.24) is 4.98 Å². The summed E-state index contributed by atoms with van der Waals surface area (Å²) in [5.74, 6) is -0.507. The minimum atomic E-state index is -0.507. The number of nitrogens with one attached hydrogen (secondary N) is 2. The first-order valence-electron chi connectivity index (χ1n) is 5.19. The van der Waals surface area contributed by atoms with Crippen LogP contribution in [0.1, 0.15) is 15.9 Å². The molecule has 0 fully saturated rings. The van der Waals surface area contributed by atoms with E-state index in [1.807, 2.05) is 6.07 Å². The molecule has 2 N–H and O–H groups in total. The number of aromatic nitrogens is 1. The second kappa shape index (κ2) is 4.97. The van der Waals surface area contributed by atoms with E-state index in [1.165, 1.54) is 24.5 Å². The van der Waals surface area contributed by atoms with Gasteiger partial charge < -0.3 is 10.3 Å². The maximum atomic E-state index is 11.8. The molecule has 5 nitrogen and oxygen atoms in total. The number of rotatable bonds is 2. The third kappa shape index (κ3) is 2.44. The molecule has 1 amide bonds. The number of pyridine rings is 1. The van der Waals surface area contributed by atoms with Gasteiger partial charge in [-0.25, -0.2) is 0 Å². The number of benzene rings is 1. The summed E-state index contributed by atoms with van der Waals surface area (Å²) >= 11 is 0. The Morgan fingerprint density at radius 3 is 2.89 bits per heavy atom. The van der Waals surface area contributed by atoms with E-state index in [0.717, 1.165) is 0 Å². The number of H-pyrrole nitrogens is 1.